The molecule has 5 nitrogen and oxygen atoms in total. The minimum Gasteiger partial charge on any atom is -0.491 e. The summed E-state index contributed by atoms with van der Waals surface area (Å²) in [6.07, 6.45) is -0.491. The summed E-state index contributed by atoms with van der Waals surface area (Å²) < 4.78 is 5.73. The van der Waals surface area contributed by atoms with Gasteiger partial charge in [0.25, 0.3) is 5.91 Å². The molecule has 1 N–H and O–H groups in total. The van der Waals surface area contributed by atoms with E-state index in [0.29, 0.717) is 30.3 Å². The lowest BCUT2D eigenvalue weighted by atomic mass is 9.96. The summed E-state index contributed by atoms with van der Waals surface area (Å²) in [6, 6.07) is 11.5. The van der Waals surface area contributed by atoms with E-state index in [9.17, 15) is 9.90 Å². The number of rotatable bonds is 6. The number of ether oxygens (including phenoxy) is 1. The Hall–Kier alpha value is -2.08. The number of halogens is 1. The molecule has 0 aromatic heterocycles. The minimum absolute atomic E-state index is 0.0607. The molecule has 0 saturated carbocycles. The number of piperazine rings is 1. The lowest BCUT2D eigenvalue weighted by molar-refractivity contribution is 0.0581. The fraction of sp³-hybridized carbons (Fsp3) is 0.458. The second-order valence-corrected chi connectivity index (χ2v) is 8.51. The summed E-state index contributed by atoms with van der Waals surface area (Å²) in [5.41, 5.74) is 4.27. The summed E-state index contributed by atoms with van der Waals surface area (Å²) in [5, 5.41) is 10.1. The van der Waals surface area contributed by atoms with Crippen LogP contribution in [0, 0.1) is 13.8 Å². The second kappa shape index (κ2) is 9.82. The molecule has 1 fully saturated rings. The van der Waals surface area contributed by atoms with Crippen molar-refractivity contribution in [3.8, 4) is 5.75 Å². The summed E-state index contributed by atoms with van der Waals surface area (Å²) in [5.74, 6) is 0.883. The first-order chi connectivity index (χ1) is 14.3. The SMILES string of the molecule is Cc1c(OCC(C)O)ccc([C@@H](C)N2CCN(C(=O)c3ccc(Cl)cc3)CC2)c1C. The third-order valence-corrected chi connectivity index (χ3v) is 6.20. The third-order valence-electron chi connectivity index (χ3n) is 5.95. The first-order valence-corrected chi connectivity index (χ1v) is 10.9. The molecule has 0 bridgehead atoms. The molecular weight excluding hydrogens is 400 g/mol. The molecule has 162 valence electrons. The van der Waals surface area contributed by atoms with Crippen LogP contribution in [0.2, 0.25) is 5.02 Å². The average Bonchev–Trinajstić information content (AvgIpc) is 2.74. The Labute approximate surface area is 184 Å². The summed E-state index contributed by atoms with van der Waals surface area (Å²) in [7, 11) is 0. The number of carbonyl (C=O) groups is 1. The van der Waals surface area contributed by atoms with Crippen molar-refractivity contribution in [2.75, 3.05) is 32.8 Å². The smallest absolute Gasteiger partial charge is 0.253 e. The number of aliphatic hydroxyl groups is 1. The van der Waals surface area contributed by atoms with Crippen LogP contribution in [0.5, 0.6) is 5.75 Å². The minimum atomic E-state index is -0.491. The van der Waals surface area contributed by atoms with Crippen LogP contribution in [-0.4, -0.2) is 59.7 Å². The van der Waals surface area contributed by atoms with E-state index in [2.05, 4.69) is 31.7 Å². The number of hydrogen-bond acceptors (Lipinski definition) is 4. The summed E-state index contributed by atoms with van der Waals surface area (Å²) in [6.45, 7) is 11.5. The van der Waals surface area contributed by atoms with Crippen LogP contribution in [0.3, 0.4) is 0 Å². The van der Waals surface area contributed by atoms with E-state index in [-0.39, 0.29) is 11.9 Å². The van der Waals surface area contributed by atoms with Crippen LogP contribution in [0.4, 0.5) is 0 Å². The van der Waals surface area contributed by atoms with Crippen molar-refractivity contribution in [2.45, 2.75) is 39.8 Å². The van der Waals surface area contributed by atoms with E-state index in [0.717, 1.165) is 24.4 Å². The highest BCUT2D eigenvalue weighted by atomic mass is 35.5. The molecule has 1 aliphatic heterocycles. The standard InChI is InChI=1S/C24H31ClN2O3/c1-16(28)15-30-23-10-9-22(17(2)18(23)3)19(4)26-11-13-27(14-12-26)24(29)20-5-7-21(25)8-6-20/h5-10,16,19,28H,11-15H2,1-4H3/t16?,19-/m1/s1. The Morgan fingerprint density at radius 3 is 2.27 bits per heavy atom. The van der Waals surface area contributed by atoms with Crippen molar-refractivity contribution >= 4 is 17.5 Å². The monoisotopic (exact) mass is 430 g/mol. The number of aliphatic hydroxyl groups excluding tert-OH is 1. The van der Waals surface area contributed by atoms with Crippen LogP contribution < -0.4 is 4.74 Å². The third kappa shape index (κ3) is 5.15. The highest BCUT2D eigenvalue weighted by Gasteiger charge is 2.26. The second-order valence-electron chi connectivity index (χ2n) is 8.07. The number of carbonyl (C=O) groups excluding carboxylic acids is 1. The van der Waals surface area contributed by atoms with Crippen LogP contribution in [0.25, 0.3) is 0 Å². The van der Waals surface area contributed by atoms with Gasteiger partial charge >= 0.3 is 0 Å². The van der Waals surface area contributed by atoms with Gasteiger partial charge in [-0.05, 0) is 74.7 Å². The predicted molar refractivity (Wildman–Crippen MR) is 120 cm³/mol. The molecule has 2 aromatic carbocycles. The fourth-order valence-electron chi connectivity index (χ4n) is 3.92. The van der Waals surface area contributed by atoms with Gasteiger partial charge in [0.1, 0.15) is 12.4 Å². The van der Waals surface area contributed by atoms with Gasteiger partial charge in [-0.2, -0.15) is 0 Å². The zero-order valence-electron chi connectivity index (χ0n) is 18.2. The van der Waals surface area contributed by atoms with Gasteiger partial charge in [0.15, 0.2) is 0 Å². The van der Waals surface area contributed by atoms with Gasteiger partial charge in [-0.25, -0.2) is 0 Å². The van der Waals surface area contributed by atoms with Crippen LogP contribution >= 0.6 is 11.6 Å². The summed E-state index contributed by atoms with van der Waals surface area (Å²) >= 11 is 5.93. The van der Waals surface area contributed by atoms with E-state index in [1.807, 2.05) is 11.0 Å². The number of nitrogens with zero attached hydrogens (tertiary/aromatic N) is 2. The maximum absolute atomic E-state index is 12.7. The van der Waals surface area contributed by atoms with Crippen molar-refractivity contribution in [3.05, 3.63) is 63.7 Å². The quantitative estimate of drug-likeness (QED) is 0.744. The van der Waals surface area contributed by atoms with E-state index in [1.54, 1.807) is 31.2 Å². The average molecular weight is 431 g/mol. The molecule has 2 atom stereocenters. The van der Waals surface area contributed by atoms with Crippen LogP contribution in [0.15, 0.2) is 36.4 Å². The van der Waals surface area contributed by atoms with Gasteiger partial charge in [0, 0.05) is 42.8 Å². The molecule has 30 heavy (non-hydrogen) atoms. The van der Waals surface area contributed by atoms with Crippen molar-refractivity contribution in [2.24, 2.45) is 0 Å². The van der Waals surface area contributed by atoms with E-state index in [1.165, 1.54) is 11.1 Å². The Balaban J connectivity index is 1.63. The van der Waals surface area contributed by atoms with Gasteiger partial charge in [-0.3, -0.25) is 9.69 Å². The van der Waals surface area contributed by atoms with E-state index in [4.69, 9.17) is 16.3 Å². The van der Waals surface area contributed by atoms with Gasteiger partial charge in [0.05, 0.1) is 6.10 Å². The molecule has 0 radical (unpaired) electrons. The first kappa shape index (κ1) is 22.6. The Bertz CT molecular complexity index is 875. The molecular formula is C24H31ClN2O3. The molecule has 0 aliphatic carbocycles. The van der Waals surface area contributed by atoms with Crippen molar-refractivity contribution in [1.29, 1.82) is 0 Å². The molecule has 1 saturated heterocycles. The molecule has 2 aromatic rings. The molecule has 3 rings (SSSR count). The first-order valence-electron chi connectivity index (χ1n) is 10.5. The topological polar surface area (TPSA) is 53.0 Å². The lowest BCUT2D eigenvalue weighted by Crippen LogP contribution is -2.49. The molecule has 1 heterocycles. The van der Waals surface area contributed by atoms with Crippen LogP contribution in [-0.2, 0) is 0 Å². The van der Waals surface area contributed by atoms with Gasteiger partial charge in [0.2, 0.25) is 0 Å². The number of amides is 1. The Morgan fingerprint density at radius 2 is 1.67 bits per heavy atom. The molecule has 0 spiro atoms. The molecule has 1 amide bonds. The zero-order valence-corrected chi connectivity index (χ0v) is 18.9. The maximum atomic E-state index is 12.7. The Kier molecular flexibility index (Phi) is 7.40. The number of hydrogen-bond donors (Lipinski definition) is 1. The van der Waals surface area contributed by atoms with Gasteiger partial charge in [-0.15, -0.1) is 0 Å². The van der Waals surface area contributed by atoms with Gasteiger partial charge < -0.3 is 14.7 Å². The van der Waals surface area contributed by atoms with Crippen molar-refractivity contribution in [1.82, 2.24) is 9.80 Å². The lowest BCUT2D eigenvalue weighted by Gasteiger charge is -2.39. The normalized spacial score (nSPS) is 16.9. The van der Waals surface area contributed by atoms with Gasteiger partial charge in [-0.1, -0.05) is 17.7 Å². The Morgan fingerprint density at radius 1 is 1.03 bits per heavy atom. The molecule has 1 unspecified atom stereocenters. The van der Waals surface area contributed by atoms with Crippen LogP contribution in [0.1, 0.15) is 46.9 Å². The highest BCUT2D eigenvalue weighted by Crippen LogP contribution is 2.31. The molecule has 1 aliphatic rings. The maximum Gasteiger partial charge on any atom is 0.253 e. The van der Waals surface area contributed by atoms with Crippen molar-refractivity contribution in [3.63, 3.8) is 0 Å². The number of benzene rings is 2. The highest BCUT2D eigenvalue weighted by molar-refractivity contribution is 6.30. The summed E-state index contributed by atoms with van der Waals surface area (Å²) in [4.78, 5) is 17.1. The molecule has 6 heteroatoms. The predicted octanol–water partition coefficient (Wildman–Crippen LogP) is 4.24. The zero-order chi connectivity index (χ0) is 21.8. The largest absolute Gasteiger partial charge is 0.491 e. The van der Waals surface area contributed by atoms with Crippen molar-refractivity contribution < 1.29 is 14.6 Å². The van der Waals surface area contributed by atoms with E-state index >= 15 is 0 Å². The van der Waals surface area contributed by atoms with E-state index < -0.39 is 6.10 Å². The fourth-order valence-corrected chi connectivity index (χ4v) is 4.05.